The molecule has 0 saturated carbocycles. The van der Waals surface area contributed by atoms with Gasteiger partial charge in [-0.1, -0.05) is 83.6 Å². The minimum Gasteiger partial charge on any atom is -1.00 e. The number of benzene rings is 2. The summed E-state index contributed by atoms with van der Waals surface area (Å²) < 4.78 is 1.51. The van der Waals surface area contributed by atoms with E-state index in [4.69, 9.17) is 0 Å². The number of hydrogen-bond acceptors (Lipinski definition) is 0. The summed E-state index contributed by atoms with van der Waals surface area (Å²) in [7, 11) is 0. The number of fused-ring (bicyclic) bond motifs is 5. The van der Waals surface area contributed by atoms with Crippen LogP contribution in [0.15, 0.2) is 48.1 Å². The molecular weight excluding hydrogens is 583 g/mol. The van der Waals surface area contributed by atoms with Crippen LogP contribution >= 0.6 is 0 Å². The van der Waals surface area contributed by atoms with Gasteiger partial charge in [0.15, 0.2) is 0 Å². The fourth-order valence-corrected chi connectivity index (χ4v) is 5.32. The fourth-order valence-electron chi connectivity index (χ4n) is 5.32. The molecule has 6 rings (SSSR count). The molecule has 0 amide bonds. The fraction of sp³-hybridized carbons (Fsp3) is 0.400. The van der Waals surface area contributed by atoms with E-state index in [1.807, 2.05) is 0 Å². The van der Waals surface area contributed by atoms with Gasteiger partial charge in [-0.05, 0) is 45.9 Å². The van der Waals surface area contributed by atoms with Crippen LogP contribution in [0.1, 0.15) is 102 Å². The zero-order valence-electron chi connectivity index (χ0n) is 24.4. The van der Waals surface area contributed by atoms with Crippen molar-refractivity contribution in [1.82, 2.24) is 0 Å². The summed E-state index contributed by atoms with van der Waals surface area (Å²) in [5, 5.41) is 0. The van der Waals surface area contributed by atoms with Gasteiger partial charge in [-0.2, -0.15) is 17.2 Å². The predicted octanol–water partition coefficient (Wildman–Crippen LogP) is 3.15. The van der Waals surface area contributed by atoms with Gasteiger partial charge in [0, 0.05) is 5.41 Å². The average Bonchev–Trinajstić information content (AvgIpc) is 3.52. The van der Waals surface area contributed by atoms with Gasteiger partial charge in [-0.3, -0.25) is 12.2 Å². The van der Waals surface area contributed by atoms with E-state index in [0.717, 1.165) is 12.8 Å². The molecule has 0 bridgehead atoms. The van der Waals surface area contributed by atoms with E-state index in [-0.39, 0.29) is 35.6 Å². The number of allylic oxidation sites excluding steroid dienone is 6. The third-order valence-corrected chi connectivity index (χ3v) is 7.42. The van der Waals surface area contributed by atoms with Crippen molar-refractivity contribution in [3.63, 3.8) is 0 Å². The van der Waals surface area contributed by atoms with Gasteiger partial charge < -0.3 is 24.8 Å². The Morgan fingerprint density at radius 2 is 1.39 bits per heavy atom. The Morgan fingerprint density at radius 3 is 1.89 bits per heavy atom. The molecule has 0 radical (unpaired) electrons. The van der Waals surface area contributed by atoms with E-state index < -0.39 is 0 Å². The number of rotatable bonds is 0. The van der Waals surface area contributed by atoms with Crippen LogP contribution in [0.2, 0.25) is 0 Å². The normalized spacial score (nSPS) is 17.4. The first-order valence-electron chi connectivity index (χ1n) is 13.1. The Labute approximate surface area is 258 Å². The second-order valence-corrected chi connectivity index (χ2v) is 15.3. The standard InChI is InChI=1S/C23H21.C9H13.C3H6.2ClH.Zr/c1-22(2)7-5-14-10-18-16(12-20(14)22)9-17-13-21-15(11-19(17)18)6-8-23(21,3)4;1-9(2,3)8-6-4-5-7-8;1-3-2;;;/h5-7,10-13H,9H2,1-4H3;6-7H,4H2,1-3H3;1-2H3;2*1H;/q2*-1;;;;+2/p-2. The van der Waals surface area contributed by atoms with Crippen molar-refractivity contribution in [2.45, 2.75) is 86.0 Å². The molecule has 2 aromatic rings. The molecular formula is C35H40Cl2Zr-2. The van der Waals surface area contributed by atoms with Crippen LogP contribution in [0, 0.1) is 17.6 Å². The molecule has 4 aliphatic rings. The largest absolute Gasteiger partial charge is 1.00 e. The summed E-state index contributed by atoms with van der Waals surface area (Å²) in [6.45, 7) is 20.0. The van der Waals surface area contributed by atoms with E-state index >= 15 is 0 Å². The van der Waals surface area contributed by atoms with Crippen LogP contribution in [0.4, 0.5) is 0 Å². The van der Waals surface area contributed by atoms with Gasteiger partial charge in [-0.25, -0.2) is 12.2 Å². The van der Waals surface area contributed by atoms with Gasteiger partial charge in [0.25, 0.3) is 0 Å². The summed E-state index contributed by atoms with van der Waals surface area (Å²) in [6, 6.07) is 9.66. The summed E-state index contributed by atoms with van der Waals surface area (Å²) in [4.78, 5) is 0. The zero-order chi connectivity index (χ0) is 26.5. The van der Waals surface area contributed by atoms with Crippen molar-refractivity contribution in [3.8, 4) is 11.1 Å². The summed E-state index contributed by atoms with van der Waals surface area (Å²) >= 11 is 1.55. The molecule has 0 spiro atoms. The maximum Gasteiger partial charge on any atom is -1.00 e. The van der Waals surface area contributed by atoms with Crippen LogP contribution < -0.4 is 24.8 Å². The van der Waals surface area contributed by atoms with E-state index in [9.17, 15) is 0 Å². The summed E-state index contributed by atoms with van der Waals surface area (Å²) in [5.41, 5.74) is 13.4. The quantitative estimate of drug-likeness (QED) is 0.338. The van der Waals surface area contributed by atoms with Gasteiger partial charge in [-0.15, -0.1) is 18.1 Å². The average molecular weight is 623 g/mol. The number of halogens is 2. The third-order valence-electron chi connectivity index (χ3n) is 7.42. The molecule has 4 aliphatic carbocycles. The first kappa shape index (κ1) is 32.9. The maximum absolute atomic E-state index is 3.50. The van der Waals surface area contributed by atoms with Gasteiger partial charge in [0.1, 0.15) is 0 Å². The summed E-state index contributed by atoms with van der Waals surface area (Å²) in [6.07, 6.45) is 19.9. The van der Waals surface area contributed by atoms with Crippen molar-refractivity contribution in [1.29, 1.82) is 0 Å². The molecule has 0 atom stereocenters. The first-order chi connectivity index (χ1) is 16.7. The molecule has 2 aromatic carbocycles. The second kappa shape index (κ2) is 12.1. The Balaban J connectivity index is 0.000000286. The van der Waals surface area contributed by atoms with Crippen molar-refractivity contribution in [2.24, 2.45) is 5.41 Å². The monoisotopic (exact) mass is 620 g/mol. The second-order valence-electron chi connectivity index (χ2n) is 12.8. The van der Waals surface area contributed by atoms with Gasteiger partial charge >= 0.3 is 41.3 Å². The Bertz CT molecular complexity index is 1260. The van der Waals surface area contributed by atoms with Crippen molar-refractivity contribution < 1.29 is 49.0 Å². The minimum atomic E-state index is 0. The van der Waals surface area contributed by atoms with Crippen LogP contribution in [0.5, 0.6) is 0 Å². The first-order valence-corrected chi connectivity index (χ1v) is 14.4. The SMILES string of the molecule is CC(C)(C)C1=CC[C-]=C1.CC1(C)[C-]=Cc2cc3c(cc21)Cc1cc2c(cc1-3)C=CC2(C)C.C[C](C)=[Zr+2].[Cl-].[Cl-]. The molecule has 0 heterocycles. The Morgan fingerprint density at radius 1 is 0.842 bits per heavy atom. The Kier molecular flexibility index (Phi) is 10.5. The molecule has 0 unspecified atom stereocenters. The van der Waals surface area contributed by atoms with Crippen LogP contribution in [-0.2, 0) is 41.5 Å². The molecule has 0 aromatic heterocycles. The van der Waals surface area contributed by atoms with Crippen molar-refractivity contribution >= 4 is 15.4 Å². The molecule has 38 heavy (non-hydrogen) atoms. The van der Waals surface area contributed by atoms with E-state index in [1.54, 1.807) is 24.2 Å². The smallest absolute Gasteiger partial charge is 1.00 e. The maximum atomic E-state index is 3.50. The minimum absolute atomic E-state index is 0. The third kappa shape index (κ3) is 6.89. The van der Waals surface area contributed by atoms with E-state index in [2.05, 4.69) is 129 Å². The van der Waals surface area contributed by atoms with Crippen LogP contribution in [-0.4, -0.2) is 3.21 Å². The van der Waals surface area contributed by atoms with Gasteiger partial charge in [0.05, 0.1) is 0 Å². The Hall–Kier alpha value is -1.27. The molecule has 0 aliphatic heterocycles. The topological polar surface area (TPSA) is 0 Å². The predicted molar refractivity (Wildman–Crippen MR) is 154 cm³/mol. The van der Waals surface area contributed by atoms with Gasteiger partial charge in [0.2, 0.25) is 0 Å². The van der Waals surface area contributed by atoms with Crippen molar-refractivity contribution in [2.75, 3.05) is 0 Å². The van der Waals surface area contributed by atoms with E-state index in [0.29, 0.717) is 5.41 Å². The molecule has 0 N–H and O–H groups in total. The van der Waals surface area contributed by atoms with Crippen LogP contribution in [0.3, 0.4) is 0 Å². The molecule has 0 fully saturated rings. The molecule has 3 heteroatoms. The summed E-state index contributed by atoms with van der Waals surface area (Å²) in [5.74, 6) is 0. The molecule has 0 saturated heterocycles. The van der Waals surface area contributed by atoms with Crippen LogP contribution in [0.25, 0.3) is 23.3 Å². The van der Waals surface area contributed by atoms with E-state index in [1.165, 1.54) is 53.3 Å². The molecule has 200 valence electrons. The zero-order valence-corrected chi connectivity index (χ0v) is 28.3. The van der Waals surface area contributed by atoms with Crippen molar-refractivity contribution in [3.05, 3.63) is 93.6 Å². The molecule has 0 nitrogen and oxygen atoms in total. The number of hydrogen-bond donors (Lipinski definition) is 0.